The van der Waals surface area contributed by atoms with Gasteiger partial charge in [-0.2, -0.15) is 0 Å². The third kappa shape index (κ3) is 4.76. The monoisotopic (exact) mass is 305 g/mol. The summed E-state index contributed by atoms with van der Waals surface area (Å²) in [6.45, 7) is 3.90. The summed E-state index contributed by atoms with van der Waals surface area (Å²) in [5.74, 6) is 1.49. The summed E-state index contributed by atoms with van der Waals surface area (Å²) in [7, 11) is 1.69. The average molecular weight is 305 g/mol. The van der Waals surface area contributed by atoms with Crippen molar-refractivity contribution in [3.63, 3.8) is 0 Å². The normalized spacial score (nSPS) is 10.6. The Labute approximate surface area is 129 Å². The molecule has 2 rings (SSSR count). The molecule has 0 bridgehead atoms. The number of rotatable bonds is 7. The predicted molar refractivity (Wildman–Crippen MR) is 86.3 cm³/mol. The summed E-state index contributed by atoms with van der Waals surface area (Å²) in [4.78, 5) is 1.05. The van der Waals surface area contributed by atoms with Gasteiger partial charge in [-0.15, -0.1) is 11.8 Å². The van der Waals surface area contributed by atoms with E-state index in [9.17, 15) is 4.39 Å². The van der Waals surface area contributed by atoms with Gasteiger partial charge in [0.1, 0.15) is 11.6 Å². The van der Waals surface area contributed by atoms with E-state index in [-0.39, 0.29) is 5.82 Å². The number of methoxy groups -OCH3 is 1. The molecule has 21 heavy (non-hydrogen) atoms. The molecule has 0 atom stereocenters. The van der Waals surface area contributed by atoms with Crippen molar-refractivity contribution in [2.24, 2.45) is 0 Å². The van der Waals surface area contributed by atoms with Gasteiger partial charge in [-0.3, -0.25) is 0 Å². The van der Waals surface area contributed by atoms with Crippen LogP contribution in [-0.2, 0) is 12.3 Å². The Morgan fingerprint density at radius 2 is 1.90 bits per heavy atom. The highest BCUT2D eigenvalue weighted by molar-refractivity contribution is 7.98. The van der Waals surface area contributed by atoms with Crippen molar-refractivity contribution in [2.75, 3.05) is 13.7 Å². The molecule has 2 aromatic carbocycles. The number of hydrogen-bond acceptors (Lipinski definition) is 3. The second-order valence-corrected chi connectivity index (χ2v) is 5.72. The van der Waals surface area contributed by atoms with Crippen LogP contribution in [0.5, 0.6) is 5.75 Å². The van der Waals surface area contributed by atoms with Crippen LogP contribution in [-0.4, -0.2) is 13.7 Å². The number of nitrogens with one attached hydrogen (secondary N) is 1. The molecule has 2 nitrogen and oxygen atoms in total. The Hall–Kier alpha value is -1.52. The third-order valence-electron chi connectivity index (χ3n) is 3.13. The highest BCUT2D eigenvalue weighted by Crippen LogP contribution is 2.29. The summed E-state index contributed by atoms with van der Waals surface area (Å²) in [5, 5.41) is 3.32. The molecular formula is C17H20FNOS. The Bertz CT molecular complexity index is 572. The maximum absolute atomic E-state index is 12.9. The number of benzene rings is 2. The highest BCUT2D eigenvalue weighted by Gasteiger charge is 2.06. The average Bonchev–Trinajstić information content (AvgIpc) is 2.52. The van der Waals surface area contributed by atoms with Crippen molar-refractivity contribution in [3.8, 4) is 5.75 Å². The Kier molecular flexibility index (Phi) is 6.08. The number of thioether (sulfide) groups is 1. The van der Waals surface area contributed by atoms with E-state index in [2.05, 4.69) is 24.4 Å². The fourth-order valence-electron chi connectivity index (χ4n) is 2.02. The van der Waals surface area contributed by atoms with Crippen molar-refractivity contribution in [1.82, 2.24) is 5.32 Å². The van der Waals surface area contributed by atoms with Crippen molar-refractivity contribution in [1.29, 1.82) is 0 Å². The highest BCUT2D eigenvalue weighted by atomic mass is 32.2. The zero-order chi connectivity index (χ0) is 15.1. The molecule has 0 aliphatic heterocycles. The fraction of sp³-hybridized carbons (Fsp3) is 0.294. The molecule has 0 amide bonds. The van der Waals surface area contributed by atoms with Gasteiger partial charge in [-0.05, 0) is 48.5 Å². The lowest BCUT2D eigenvalue weighted by Crippen LogP contribution is -2.11. The van der Waals surface area contributed by atoms with Crippen LogP contribution in [0.4, 0.5) is 4.39 Å². The van der Waals surface area contributed by atoms with E-state index < -0.39 is 0 Å². The van der Waals surface area contributed by atoms with Crippen LogP contribution in [0.15, 0.2) is 47.4 Å². The Morgan fingerprint density at radius 1 is 1.14 bits per heavy atom. The van der Waals surface area contributed by atoms with E-state index >= 15 is 0 Å². The molecule has 0 aliphatic rings. The van der Waals surface area contributed by atoms with Gasteiger partial charge in [-0.25, -0.2) is 4.39 Å². The van der Waals surface area contributed by atoms with Gasteiger partial charge in [0.15, 0.2) is 0 Å². The minimum Gasteiger partial charge on any atom is -0.496 e. The van der Waals surface area contributed by atoms with Gasteiger partial charge in [0.05, 0.1) is 7.11 Å². The first-order chi connectivity index (χ1) is 10.2. The molecule has 112 valence electrons. The van der Waals surface area contributed by atoms with E-state index in [0.717, 1.165) is 35.1 Å². The van der Waals surface area contributed by atoms with E-state index in [1.165, 1.54) is 17.7 Å². The molecule has 2 aromatic rings. The summed E-state index contributed by atoms with van der Waals surface area (Å²) in [5.41, 5.74) is 2.40. The minimum atomic E-state index is -0.204. The molecule has 4 heteroatoms. The lowest BCUT2D eigenvalue weighted by Gasteiger charge is -2.11. The minimum absolute atomic E-state index is 0.204. The second kappa shape index (κ2) is 8.05. The maximum Gasteiger partial charge on any atom is 0.123 e. The number of halogens is 1. The topological polar surface area (TPSA) is 21.3 Å². The first kappa shape index (κ1) is 15.9. The molecule has 0 aliphatic carbocycles. The second-order valence-electron chi connectivity index (χ2n) is 4.67. The quantitative estimate of drug-likeness (QED) is 0.773. The van der Waals surface area contributed by atoms with E-state index in [1.807, 2.05) is 6.07 Å². The van der Waals surface area contributed by atoms with Crippen LogP contribution in [0, 0.1) is 5.82 Å². The largest absolute Gasteiger partial charge is 0.496 e. The van der Waals surface area contributed by atoms with Crippen LogP contribution in [0.3, 0.4) is 0 Å². The molecule has 0 unspecified atom stereocenters. The zero-order valence-electron chi connectivity index (χ0n) is 12.4. The molecule has 1 N–H and O–H groups in total. The summed E-state index contributed by atoms with van der Waals surface area (Å²) in [6.07, 6.45) is 0. The first-order valence-corrected chi connectivity index (χ1v) is 7.96. The standard InChI is InChI=1S/C17H20FNOS/c1-3-19-11-13-4-9-17(20-2)14(10-13)12-21-16-7-5-15(18)6-8-16/h4-10,19H,3,11-12H2,1-2H3. The van der Waals surface area contributed by atoms with E-state index in [4.69, 9.17) is 4.74 Å². The van der Waals surface area contributed by atoms with Gasteiger partial charge in [0.2, 0.25) is 0 Å². The molecule has 0 fully saturated rings. The fourth-order valence-corrected chi connectivity index (χ4v) is 2.89. The van der Waals surface area contributed by atoms with Gasteiger partial charge in [-0.1, -0.05) is 13.0 Å². The summed E-state index contributed by atoms with van der Waals surface area (Å²) in [6, 6.07) is 12.8. The van der Waals surface area contributed by atoms with Crippen molar-refractivity contribution in [3.05, 3.63) is 59.4 Å². The molecule has 0 spiro atoms. The molecule has 0 saturated carbocycles. The molecule has 0 saturated heterocycles. The SMILES string of the molecule is CCNCc1ccc(OC)c(CSc2ccc(F)cc2)c1. The van der Waals surface area contributed by atoms with E-state index in [1.54, 1.807) is 31.0 Å². The number of hydrogen-bond donors (Lipinski definition) is 1. The Balaban J connectivity index is 2.07. The number of ether oxygens (including phenoxy) is 1. The molecule has 0 heterocycles. The van der Waals surface area contributed by atoms with Crippen molar-refractivity contribution in [2.45, 2.75) is 24.1 Å². The van der Waals surface area contributed by atoms with Crippen LogP contribution in [0.2, 0.25) is 0 Å². The summed E-state index contributed by atoms with van der Waals surface area (Å²) >= 11 is 1.68. The molecule has 0 radical (unpaired) electrons. The van der Waals surface area contributed by atoms with Gasteiger partial charge >= 0.3 is 0 Å². The summed E-state index contributed by atoms with van der Waals surface area (Å²) < 4.78 is 18.3. The van der Waals surface area contributed by atoms with Gasteiger partial charge < -0.3 is 10.1 Å². The van der Waals surface area contributed by atoms with Crippen LogP contribution in [0.25, 0.3) is 0 Å². The van der Waals surface area contributed by atoms with Gasteiger partial charge in [0.25, 0.3) is 0 Å². The maximum atomic E-state index is 12.9. The van der Waals surface area contributed by atoms with Crippen molar-refractivity contribution < 1.29 is 9.13 Å². The lowest BCUT2D eigenvalue weighted by molar-refractivity contribution is 0.411. The van der Waals surface area contributed by atoms with Crippen molar-refractivity contribution >= 4 is 11.8 Å². The third-order valence-corrected chi connectivity index (χ3v) is 4.19. The first-order valence-electron chi connectivity index (χ1n) is 6.97. The zero-order valence-corrected chi connectivity index (χ0v) is 13.2. The van der Waals surface area contributed by atoms with Gasteiger partial charge in [0, 0.05) is 22.8 Å². The Morgan fingerprint density at radius 3 is 2.57 bits per heavy atom. The molecule has 0 aromatic heterocycles. The van der Waals surface area contributed by atoms with Crippen LogP contribution in [0.1, 0.15) is 18.1 Å². The van der Waals surface area contributed by atoms with E-state index in [0.29, 0.717) is 0 Å². The smallest absolute Gasteiger partial charge is 0.123 e. The molecular weight excluding hydrogens is 285 g/mol. The lowest BCUT2D eigenvalue weighted by atomic mass is 10.1. The predicted octanol–water partition coefficient (Wildman–Crippen LogP) is 4.24. The van der Waals surface area contributed by atoms with Crippen LogP contribution < -0.4 is 10.1 Å². The van der Waals surface area contributed by atoms with Crippen LogP contribution >= 0.6 is 11.8 Å².